The first-order valence-electron chi connectivity index (χ1n) is 5.01. The molecule has 74 valence electrons. The van der Waals surface area contributed by atoms with Gasteiger partial charge in [0.05, 0.1) is 11.6 Å². The van der Waals surface area contributed by atoms with E-state index < -0.39 is 0 Å². The van der Waals surface area contributed by atoms with Crippen molar-refractivity contribution in [3.63, 3.8) is 0 Å². The van der Waals surface area contributed by atoms with Crippen molar-refractivity contribution >= 4 is 0 Å². The van der Waals surface area contributed by atoms with E-state index in [2.05, 4.69) is 19.9 Å². The predicted molar refractivity (Wildman–Crippen MR) is 57.8 cm³/mol. The Kier molecular flexibility index (Phi) is 3.67. The fourth-order valence-corrected chi connectivity index (χ4v) is 1.55. The van der Waals surface area contributed by atoms with E-state index in [0.29, 0.717) is 5.56 Å². The third-order valence-corrected chi connectivity index (χ3v) is 2.50. The molecule has 1 aromatic rings. The molecule has 0 aliphatic heterocycles. The Morgan fingerprint density at radius 1 is 1.43 bits per heavy atom. The van der Waals surface area contributed by atoms with Crippen LogP contribution in [0.2, 0.25) is 0 Å². The van der Waals surface area contributed by atoms with Crippen LogP contribution in [0.4, 0.5) is 0 Å². The summed E-state index contributed by atoms with van der Waals surface area (Å²) in [7, 11) is 0. The number of hydrogen-bond donors (Lipinski definition) is 1. The molecule has 0 fully saturated rings. The highest BCUT2D eigenvalue weighted by Gasteiger charge is 2.08. The lowest BCUT2D eigenvalue weighted by Crippen LogP contribution is -2.11. The minimum Gasteiger partial charge on any atom is -0.324 e. The summed E-state index contributed by atoms with van der Waals surface area (Å²) in [5.74, 6) is 0. The van der Waals surface area contributed by atoms with Gasteiger partial charge in [-0.2, -0.15) is 5.26 Å². The van der Waals surface area contributed by atoms with Gasteiger partial charge in [0.15, 0.2) is 0 Å². The number of nitriles is 1. The first kappa shape index (κ1) is 10.7. The predicted octanol–water partition coefficient (Wildman–Crippen LogP) is 2.53. The number of rotatable bonds is 3. The molecule has 1 aromatic carbocycles. The molecule has 2 N–H and O–H groups in total. The maximum atomic E-state index is 8.79. The first-order chi connectivity index (χ1) is 6.72. The molecule has 0 radical (unpaired) electrons. The third-order valence-electron chi connectivity index (χ3n) is 2.50. The SMILES string of the molecule is CCc1ccc(C#N)cc1C(N)CC. The molecule has 0 saturated carbocycles. The normalized spacial score (nSPS) is 12.1. The minimum atomic E-state index is 0.0539. The van der Waals surface area contributed by atoms with Crippen LogP contribution in [-0.2, 0) is 6.42 Å². The lowest BCUT2D eigenvalue weighted by atomic mass is 9.95. The van der Waals surface area contributed by atoms with E-state index in [0.717, 1.165) is 18.4 Å². The van der Waals surface area contributed by atoms with Crippen molar-refractivity contribution in [2.24, 2.45) is 5.73 Å². The molecule has 0 aromatic heterocycles. The Bertz CT molecular complexity index is 350. The Labute approximate surface area is 85.4 Å². The number of aryl methyl sites for hydroxylation is 1. The second kappa shape index (κ2) is 4.78. The van der Waals surface area contributed by atoms with Gasteiger partial charge in [0.1, 0.15) is 0 Å². The van der Waals surface area contributed by atoms with E-state index in [4.69, 9.17) is 11.0 Å². The first-order valence-corrected chi connectivity index (χ1v) is 5.01. The number of nitrogens with two attached hydrogens (primary N) is 1. The zero-order valence-corrected chi connectivity index (χ0v) is 8.75. The van der Waals surface area contributed by atoms with Crippen LogP contribution in [0.3, 0.4) is 0 Å². The summed E-state index contributed by atoms with van der Waals surface area (Å²) < 4.78 is 0. The lowest BCUT2D eigenvalue weighted by molar-refractivity contribution is 0.690. The van der Waals surface area contributed by atoms with Crippen molar-refractivity contribution in [1.29, 1.82) is 5.26 Å². The maximum absolute atomic E-state index is 8.79. The second-order valence-corrected chi connectivity index (χ2v) is 3.39. The van der Waals surface area contributed by atoms with E-state index in [1.54, 1.807) is 0 Å². The molecule has 0 amide bonds. The highest BCUT2D eigenvalue weighted by molar-refractivity contribution is 5.39. The summed E-state index contributed by atoms with van der Waals surface area (Å²) in [6.45, 7) is 4.16. The van der Waals surface area contributed by atoms with Gasteiger partial charge < -0.3 is 5.73 Å². The summed E-state index contributed by atoms with van der Waals surface area (Å²) in [5.41, 5.74) is 9.05. The second-order valence-electron chi connectivity index (χ2n) is 3.39. The van der Waals surface area contributed by atoms with Gasteiger partial charge in [0.25, 0.3) is 0 Å². The smallest absolute Gasteiger partial charge is 0.0991 e. The summed E-state index contributed by atoms with van der Waals surface area (Å²) in [4.78, 5) is 0. The Morgan fingerprint density at radius 3 is 2.64 bits per heavy atom. The van der Waals surface area contributed by atoms with Gasteiger partial charge in [0, 0.05) is 6.04 Å². The van der Waals surface area contributed by atoms with Crippen LogP contribution in [0.1, 0.15) is 43.0 Å². The van der Waals surface area contributed by atoms with E-state index >= 15 is 0 Å². The highest BCUT2D eigenvalue weighted by Crippen LogP contribution is 2.20. The van der Waals surface area contributed by atoms with Crippen LogP contribution in [-0.4, -0.2) is 0 Å². The van der Waals surface area contributed by atoms with Gasteiger partial charge >= 0.3 is 0 Å². The fourth-order valence-electron chi connectivity index (χ4n) is 1.55. The molecular formula is C12H16N2. The van der Waals surface area contributed by atoms with Crippen molar-refractivity contribution in [1.82, 2.24) is 0 Å². The molecular weight excluding hydrogens is 172 g/mol. The molecule has 0 saturated heterocycles. The zero-order chi connectivity index (χ0) is 10.6. The summed E-state index contributed by atoms with van der Waals surface area (Å²) in [6.07, 6.45) is 1.87. The van der Waals surface area contributed by atoms with Crippen molar-refractivity contribution < 1.29 is 0 Å². The maximum Gasteiger partial charge on any atom is 0.0991 e. The standard InChI is InChI=1S/C12H16N2/c1-3-10-6-5-9(8-13)7-11(10)12(14)4-2/h5-7,12H,3-4,14H2,1-2H3. The van der Waals surface area contributed by atoms with Crippen LogP contribution in [0, 0.1) is 11.3 Å². The van der Waals surface area contributed by atoms with E-state index in [-0.39, 0.29) is 6.04 Å². The summed E-state index contributed by atoms with van der Waals surface area (Å²) in [5, 5.41) is 8.79. The molecule has 14 heavy (non-hydrogen) atoms. The van der Waals surface area contributed by atoms with Gasteiger partial charge in [-0.05, 0) is 36.1 Å². The molecule has 2 heteroatoms. The molecule has 1 unspecified atom stereocenters. The average molecular weight is 188 g/mol. The van der Waals surface area contributed by atoms with Crippen molar-refractivity contribution in [2.45, 2.75) is 32.7 Å². The van der Waals surface area contributed by atoms with E-state index in [9.17, 15) is 0 Å². The topological polar surface area (TPSA) is 49.8 Å². The molecule has 0 aliphatic carbocycles. The molecule has 0 heterocycles. The average Bonchev–Trinajstić information content (AvgIpc) is 2.27. The van der Waals surface area contributed by atoms with Crippen LogP contribution >= 0.6 is 0 Å². The van der Waals surface area contributed by atoms with Gasteiger partial charge in [-0.25, -0.2) is 0 Å². The van der Waals surface area contributed by atoms with Crippen molar-refractivity contribution in [2.75, 3.05) is 0 Å². The number of benzene rings is 1. The van der Waals surface area contributed by atoms with Crippen molar-refractivity contribution in [3.8, 4) is 6.07 Å². The zero-order valence-electron chi connectivity index (χ0n) is 8.75. The van der Waals surface area contributed by atoms with Crippen LogP contribution < -0.4 is 5.73 Å². The van der Waals surface area contributed by atoms with Crippen LogP contribution in [0.15, 0.2) is 18.2 Å². The third kappa shape index (κ3) is 2.12. The molecule has 2 nitrogen and oxygen atoms in total. The molecule has 1 rings (SSSR count). The summed E-state index contributed by atoms with van der Waals surface area (Å²) >= 11 is 0. The Morgan fingerprint density at radius 2 is 2.14 bits per heavy atom. The van der Waals surface area contributed by atoms with Crippen LogP contribution in [0.25, 0.3) is 0 Å². The molecule has 0 spiro atoms. The van der Waals surface area contributed by atoms with E-state index in [1.807, 2.05) is 18.2 Å². The number of nitrogens with zero attached hydrogens (tertiary/aromatic N) is 1. The van der Waals surface area contributed by atoms with E-state index in [1.165, 1.54) is 5.56 Å². The molecule has 1 atom stereocenters. The quantitative estimate of drug-likeness (QED) is 0.792. The lowest BCUT2D eigenvalue weighted by Gasteiger charge is -2.14. The summed E-state index contributed by atoms with van der Waals surface area (Å²) in [6, 6.07) is 7.96. The van der Waals surface area contributed by atoms with Crippen LogP contribution in [0.5, 0.6) is 0 Å². The van der Waals surface area contributed by atoms with Gasteiger partial charge in [0.2, 0.25) is 0 Å². The molecule has 0 bridgehead atoms. The van der Waals surface area contributed by atoms with Gasteiger partial charge in [-0.1, -0.05) is 19.9 Å². The van der Waals surface area contributed by atoms with Crippen molar-refractivity contribution in [3.05, 3.63) is 34.9 Å². The largest absolute Gasteiger partial charge is 0.324 e. The Hall–Kier alpha value is -1.33. The van der Waals surface area contributed by atoms with Gasteiger partial charge in [-0.15, -0.1) is 0 Å². The minimum absolute atomic E-state index is 0.0539. The highest BCUT2D eigenvalue weighted by atomic mass is 14.6. The Balaban J connectivity index is 3.16. The monoisotopic (exact) mass is 188 g/mol. The van der Waals surface area contributed by atoms with Gasteiger partial charge in [-0.3, -0.25) is 0 Å². The molecule has 0 aliphatic rings. The number of hydrogen-bond acceptors (Lipinski definition) is 2. The fraction of sp³-hybridized carbons (Fsp3) is 0.417.